The third kappa shape index (κ3) is 3.34. The van der Waals surface area contributed by atoms with Gasteiger partial charge in [0.05, 0.1) is 35.6 Å². The summed E-state index contributed by atoms with van der Waals surface area (Å²) in [5.41, 5.74) is 2.28. The Morgan fingerprint density at radius 1 is 1.13 bits per heavy atom. The standard InChI is InChI=1S/C21H26N4O4S/c26-21(24-10-12-29-13-11-24)19-17-14-30(27,28)18-6-2-1-5-16(18)20(17)25(23-19)15-4-3-8-22-9-7-15/h1-2,5-6,15,22H,3-4,7-14H2/t15-/m1/s1. The Bertz CT molecular complexity index is 1060. The Balaban J connectivity index is 1.68. The lowest BCUT2D eigenvalue weighted by Crippen LogP contribution is -2.41. The monoisotopic (exact) mass is 430 g/mol. The molecule has 1 aromatic heterocycles. The van der Waals surface area contributed by atoms with Gasteiger partial charge < -0.3 is 15.0 Å². The van der Waals surface area contributed by atoms with E-state index in [1.54, 1.807) is 17.0 Å². The second-order valence-electron chi connectivity index (χ2n) is 8.11. The molecule has 160 valence electrons. The lowest BCUT2D eigenvalue weighted by atomic mass is 10.0. The number of fused-ring (bicyclic) bond motifs is 3. The Morgan fingerprint density at radius 3 is 2.77 bits per heavy atom. The number of carbonyl (C=O) groups excluding carboxylic acids is 1. The summed E-state index contributed by atoms with van der Waals surface area (Å²) in [5.74, 6) is -0.384. The molecule has 0 bridgehead atoms. The molecule has 1 aromatic carbocycles. The van der Waals surface area contributed by atoms with Crippen molar-refractivity contribution in [3.63, 3.8) is 0 Å². The lowest BCUT2D eigenvalue weighted by Gasteiger charge is -2.26. The van der Waals surface area contributed by atoms with Gasteiger partial charge in [0.1, 0.15) is 0 Å². The average Bonchev–Trinajstić information content (AvgIpc) is 2.94. The van der Waals surface area contributed by atoms with Crippen LogP contribution in [0.5, 0.6) is 0 Å². The molecule has 30 heavy (non-hydrogen) atoms. The summed E-state index contributed by atoms with van der Waals surface area (Å²) in [6.45, 7) is 3.82. The summed E-state index contributed by atoms with van der Waals surface area (Å²) in [5, 5.41) is 8.20. The summed E-state index contributed by atoms with van der Waals surface area (Å²) >= 11 is 0. The molecular weight excluding hydrogens is 404 g/mol. The van der Waals surface area contributed by atoms with E-state index in [2.05, 4.69) is 5.32 Å². The zero-order chi connectivity index (χ0) is 20.7. The molecule has 1 amide bonds. The molecule has 0 saturated carbocycles. The molecular formula is C21H26N4O4S. The Kier molecular flexibility index (Phi) is 5.12. The molecule has 2 saturated heterocycles. The van der Waals surface area contributed by atoms with Gasteiger partial charge in [-0.25, -0.2) is 8.42 Å². The highest BCUT2D eigenvalue weighted by atomic mass is 32.2. The maximum absolute atomic E-state index is 13.3. The van der Waals surface area contributed by atoms with Crippen LogP contribution in [0.3, 0.4) is 0 Å². The van der Waals surface area contributed by atoms with Crippen molar-refractivity contribution in [3.8, 4) is 11.3 Å². The van der Waals surface area contributed by atoms with Gasteiger partial charge >= 0.3 is 0 Å². The first-order valence-electron chi connectivity index (χ1n) is 10.6. The second-order valence-corrected chi connectivity index (χ2v) is 10.1. The summed E-state index contributed by atoms with van der Waals surface area (Å²) in [4.78, 5) is 15.4. The number of aromatic nitrogens is 2. The summed E-state index contributed by atoms with van der Waals surface area (Å²) < 4.78 is 33.4. The summed E-state index contributed by atoms with van der Waals surface area (Å²) in [6, 6.07) is 7.22. The van der Waals surface area contributed by atoms with Crippen molar-refractivity contribution < 1.29 is 17.9 Å². The number of hydrogen-bond donors (Lipinski definition) is 1. The van der Waals surface area contributed by atoms with Crippen LogP contribution in [0.15, 0.2) is 29.2 Å². The fraction of sp³-hybridized carbons (Fsp3) is 0.524. The molecule has 8 nitrogen and oxygen atoms in total. The van der Waals surface area contributed by atoms with E-state index in [9.17, 15) is 13.2 Å². The van der Waals surface area contributed by atoms with Gasteiger partial charge in [-0.05, 0) is 38.4 Å². The smallest absolute Gasteiger partial charge is 0.274 e. The number of nitrogens with zero attached hydrogens (tertiary/aromatic N) is 3. The minimum Gasteiger partial charge on any atom is -0.378 e. The molecule has 1 atom stereocenters. The maximum atomic E-state index is 13.3. The van der Waals surface area contributed by atoms with Crippen molar-refractivity contribution in [1.29, 1.82) is 0 Å². The number of rotatable bonds is 2. The van der Waals surface area contributed by atoms with Gasteiger partial charge in [-0.2, -0.15) is 5.10 Å². The molecule has 2 aromatic rings. The van der Waals surface area contributed by atoms with Crippen LogP contribution in [-0.4, -0.2) is 68.4 Å². The zero-order valence-electron chi connectivity index (χ0n) is 16.8. The highest BCUT2D eigenvalue weighted by molar-refractivity contribution is 7.90. The quantitative estimate of drug-likeness (QED) is 0.778. The van der Waals surface area contributed by atoms with Crippen LogP contribution < -0.4 is 5.32 Å². The van der Waals surface area contributed by atoms with E-state index in [1.165, 1.54) is 0 Å². The Morgan fingerprint density at radius 2 is 1.93 bits per heavy atom. The molecule has 0 unspecified atom stereocenters. The molecule has 4 heterocycles. The van der Waals surface area contributed by atoms with E-state index in [0.29, 0.717) is 42.3 Å². The van der Waals surface area contributed by atoms with Gasteiger partial charge in [-0.3, -0.25) is 9.48 Å². The largest absolute Gasteiger partial charge is 0.378 e. The Labute approximate surface area is 176 Å². The van der Waals surface area contributed by atoms with Crippen molar-refractivity contribution in [2.75, 3.05) is 39.4 Å². The predicted octanol–water partition coefficient (Wildman–Crippen LogP) is 1.62. The summed E-state index contributed by atoms with van der Waals surface area (Å²) in [6.07, 6.45) is 2.86. The molecule has 0 spiro atoms. The van der Waals surface area contributed by atoms with Crippen LogP contribution in [0.1, 0.15) is 41.4 Å². The van der Waals surface area contributed by atoms with Crippen LogP contribution in [0.4, 0.5) is 0 Å². The first kappa shape index (κ1) is 19.7. The van der Waals surface area contributed by atoms with Gasteiger partial charge in [0.2, 0.25) is 0 Å². The van der Waals surface area contributed by atoms with E-state index >= 15 is 0 Å². The van der Waals surface area contributed by atoms with E-state index in [1.807, 2.05) is 16.8 Å². The van der Waals surface area contributed by atoms with Crippen LogP contribution >= 0.6 is 0 Å². The minimum atomic E-state index is -3.53. The van der Waals surface area contributed by atoms with E-state index < -0.39 is 9.84 Å². The third-order valence-corrected chi connectivity index (χ3v) is 7.91. The fourth-order valence-corrected chi connectivity index (χ4v) is 6.28. The molecule has 5 rings (SSSR count). The number of nitrogens with one attached hydrogen (secondary N) is 1. The molecule has 3 aliphatic rings. The van der Waals surface area contributed by atoms with E-state index in [0.717, 1.165) is 38.0 Å². The van der Waals surface area contributed by atoms with Gasteiger partial charge in [0.15, 0.2) is 15.5 Å². The number of morpholine rings is 1. The fourth-order valence-electron chi connectivity index (χ4n) is 4.69. The number of hydrogen-bond acceptors (Lipinski definition) is 6. The topological polar surface area (TPSA) is 93.5 Å². The maximum Gasteiger partial charge on any atom is 0.274 e. The molecule has 2 fully saturated rings. The SMILES string of the molecule is O=C(c1nn([C@@H]2CCCNCC2)c2c1CS(=O)(=O)c1ccccc1-2)N1CCOCC1. The van der Waals surface area contributed by atoms with Crippen molar-refractivity contribution in [2.45, 2.75) is 36.0 Å². The van der Waals surface area contributed by atoms with Crippen LogP contribution in [0.2, 0.25) is 0 Å². The van der Waals surface area contributed by atoms with Gasteiger partial charge in [0.25, 0.3) is 5.91 Å². The molecule has 0 aliphatic carbocycles. The van der Waals surface area contributed by atoms with Crippen LogP contribution in [0, 0.1) is 0 Å². The number of ether oxygens (including phenoxy) is 1. The number of carbonyl (C=O) groups is 1. The van der Waals surface area contributed by atoms with Crippen LogP contribution in [-0.2, 0) is 20.3 Å². The van der Waals surface area contributed by atoms with Gasteiger partial charge in [0, 0.05) is 24.2 Å². The van der Waals surface area contributed by atoms with E-state index in [-0.39, 0.29) is 23.4 Å². The van der Waals surface area contributed by atoms with Crippen molar-refractivity contribution >= 4 is 15.7 Å². The first-order valence-corrected chi connectivity index (χ1v) is 12.2. The van der Waals surface area contributed by atoms with E-state index in [4.69, 9.17) is 9.84 Å². The Hall–Kier alpha value is -2.23. The normalized spacial score (nSPS) is 23.3. The number of amides is 1. The minimum absolute atomic E-state index is 0.133. The third-order valence-electron chi connectivity index (χ3n) is 6.21. The van der Waals surface area contributed by atoms with Crippen molar-refractivity contribution in [1.82, 2.24) is 20.0 Å². The molecule has 3 aliphatic heterocycles. The number of sulfone groups is 1. The highest BCUT2D eigenvalue weighted by Gasteiger charge is 2.38. The lowest BCUT2D eigenvalue weighted by molar-refractivity contribution is 0.0297. The molecule has 0 radical (unpaired) electrons. The zero-order valence-corrected chi connectivity index (χ0v) is 17.7. The molecule has 9 heteroatoms. The van der Waals surface area contributed by atoms with Gasteiger partial charge in [-0.1, -0.05) is 18.2 Å². The van der Waals surface area contributed by atoms with Crippen LogP contribution in [0.25, 0.3) is 11.3 Å². The van der Waals surface area contributed by atoms with Crippen molar-refractivity contribution in [3.05, 3.63) is 35.5 Å². The van der Waals surface area contributed by atoms with Crippen molar-refractivity contribution in [2.24, 2.45) is 0 Å². The predicted molar refractivity (Wildman–Crippen MR) is 111 cm³/mol. The second kappa shape index (κ2) is 7.79. The summed E-state index contributed by atoms with van der Waals surface area (Å²) in [7, 11) is -3.53. The van der Waals surface area contributed by atoms with Gasteiger partial charge in [-0.15, -0.1) is 0 Å². The number of benzene rings is 1. The molecule has 1 N–H and O–H groups in total. The first-order chi connectivity index (χ1) is 14.6. The highest BCUT2D eigenvalue weighted by Crippen LogP contribution is 2.41. The average molecular weight is 431 g/mol.